The van der Waals surface area contributed by atoms with Crippen LogP contribution < -0.4 is 9.47 Å². The smallest absolute Gasteiger partial charge is 0.135 e. The lowest BCUT2D eigenvalue weighted by atomic mass is 9.86. The van der Waals surface area contributed by atoms with Gasteiger partial charge in [0.15, 0.2) is 0 Å². The Morgan fingerprint density at radius 2 is 1.71 bits per heavy atom. The molecule has 0 atom stereocenters. The zero-order chi connectivity index (χ0) is 19.1. The minimum atomic E-state index is -0.0590. The molecule has 0 bridgehead atoms. The van der Waals surface area contributed by atoms with Crippen LogP contribution in [0.25, 0.3) is 38.7 Å². The lowest BCUT2D eigenvalue weighted by Gasteiger charge is -2.24. The van der Waals surface area contributed by atoms with Gasteiger partial charge < -0.3 is 14.6 Å². The summed E-state index contributed by atoms with van der Waals surface area (Å²) >= 11 is 0. The molecule has 0 amide bonds. The van der Waals surface area contributed by atoms with Gasteiger partial charge in [-0.05, 0) is 34.2 Å². The Bertz CT molecular complexity index is 1220. The molecular formula is C25H20O3. The van der Waals surface area contributed by atoms with Gasteiger partial charge in [0.2, 0.25) is 0 Å². The average molecular weight is 368 g/mol. The molecule has 0 fully saturated rings. The zero-order valence-corrected chi connectivity index (χ0v) is 15.6. The zero-order valence-electron chi connectivity index (χ0n) is 15.6. The quantitative estimate of drug-likeness (QED) is 0.481. The van der Waals surface area contributed by atoms with Crippen molar-refractivity contribution in [3.05, 3.63) is 77.9 Å². The topological polar surface area (TPSA) is 38.7 Å². The molecule has 1 aliphatic rings. The van der Waals surface area contributed by atoms with Crippen LogP contribution in [0.3, 0.4) is 0 Å². The van der Waals surface area contributed by atoms with E-state index in [1.807, 2.05) is 36.4 Å². The molecule has 0 aromatic heterocycles. The highest BCUT2D eigenvalue weighted by Gasteiger charge is 2.23. The number of ether oxygens (including phenoxy) is 2. The van der Waals surface area contributed by atoms with Crippen LogP contribution in [0.4, 0.5) is 0 Å². The first-order valence-electron chi connectivity index (χ1n) is 9.37. The Morgan fingerprint density at radius 1 is 0.964 bits per heavy atom. The molecule has 1 aliphatic heterocycles. The molecule has 138 valence electrons. The standard InChI is InChI=1S/C25H20O3/c1-27-22-14-20-24(18-11-6-5-10-17(18)22)23(16-8-3-2-4-9-16)21(15-26)19-12-7-13-28-25(19)20/h2-12,14,26H,13,15H2,1H3. The van der Waals surface area contributed by atoms with E-state index in [4.69, 9.17) is 9.47 Å². The highest BCUT2D eigenvalue weighted by atomic mass is 16.5. The second-order valence-electron chi connectivity index (χ2n) is 6.88. The summed E-state index contributed by atoms with van der Waals surface area (Å²) in [6.07, 6.45) is 4.04. The molecule has 3 heteroatoms. The van der Waals surface area contributed by atoms with Crippen molar-refractivity contribution in [2.75, 3.05) is 13.7 Å². The first-order valence-corrected chi connectivity index (χ1v) is 9.37. The van der Waals surface area contributed by atoms with E-state index >= 15 is 0 Å². The number of benzene rings is 4. The maximum absolute atomic E-state index is 10.4. The molecular weight excluding hydrogens is 348 g/mol. The van der Waals surface area contributed by atoms with Gasteiger partial charge in [0, 0.05) is 21.7 Å². The van der Waals surface area contributed by atoms with Crippen molar-refractivity contribution in [1.29, 1.82) is 0 Å². The maximum Gasteiger partial charge on any atom is 0.135 e. The number of aliphatic hydroxyl groups excluding tert-OH is 1. The largest absolute Gasteiger partial charge is 0.496 e. The van der Waals surface area contributed by atoms with Gasteiger partial charge in [0.1, 0.15) is 18.1 Å². The van der Waals surface area contributed by atoms with Crippen molar-refractivity contribution in [3.8, 4) is 22.6 Å². The summed E-state index contributed by atoms with van der Waals surface area (Å²) in [6, 6.07) is 20.5. The fraction of sp³-hybridized carbons (Fsp3) is 0.120. The van der Waals surface area contributed by atoms with Crippen LogP contribution in [0, 0.1) is 0 Å². The van der Waals surface area contributed by atoms with E-state index < -0.39 is 0 Å². The SMILES string of the molecule is COc1cc2c3c(c(CO)c(-c4ccccc4)c2c2ccccc12)C=CCO3. The molecule has 0 spiro atoms. The minimum Gasteiger partial charge on any atom is -0.496 e. The van der Waals surface area contributed by atoms with E-state index in [0.717, 1.165) is 55.3 Å². The predicted molar refractivity (Wildman–Crippen MR) is 114 cm³/mol. The Kier molecular flexibility index (Phi) is 4.03. The summed E-state index contributed by atoms with van der Waals surface area (Å²) in [7, 11) is 1.70. The normalized spacial score (nSPS) is 12.8. The number of aliphatic hydroxyl groups is 1. The van der Waals surface area contributed by atoms with Crippen molar-refractivity contribution >= 4 is 27.6 Å². The Balaban J connectivity index is 2.08. The van der Waals surface area contributed by atoms with Crippen LogP contribution in [0.2, 0.25) is 0 Å². The van der Waals surface area contributed by atoms with Crippen molar-refractivity contribution in [2.24, 2.45) is 0 Å². The highest BCUT2D eigenvalue weighted by Crippen LogP contribution is 2.48. The van der Waals surface area contributed by atoms with Gasteiger partial charge in [0.05, 0.1) is 13.7 Å². The van der Waals surface area contributed by atoms with E-state index in [-0.39, 0.29) is 6.61 Å². The summed E-state index contributed by atoms with van der Waals surface area (Å²) in [4.78, 5) is 0. The van der Waals surface area contributed by atoms with Crippen molar-refractivity contribution < 1.29 is 14.6 Å². The summed E-state index contributed by atoms with van der Waals surface area (Å²) < 4.78 is 11.8. The van der Waals surface area contributed by atoms with Gasteiger partial charge in [-0.3, -0.25) is 0 Å². The van der Waals surface area contributed by atoms with E-state index in [0.29, 0.717) is 6.61 Å². The summed E-state index contributed by atoms with van der Waals surface area (Å²) in [5.41, 5.74) is 3.96. The van der Waals surface area contributed by atoms with Crippen LogP contribution in [0.1, 0.15) is 11.1 Å². The third-order valence-electron chi connectivity index (χ3n) is 5.42. The van der Waals surface area contributed by atoms with E-state index in [9.17, 15) is 5.11 Å². The molecule has 4 aromatic carbocycles. The molecule has 0 saturated carbocycles. The third kappa shape index (κ3) is 2.40. The highest BCUT2D eigenvalue weighted by molar-refractivity contribution is 6.19. The number of fused-ring (bicyclic) bond motifs is 5. The molecule has 4 aromatic rings. The third-order valence-corrected chi connectivity index (χ3v) is 5.42. The summed E-state index contributed by atoms with van der Waals surface area (Å²) in [6.45, 7) is 0.462. The molecule has 0 radical (unpaired) electrons. The molecule has 28 heavy (non-hydrogen) atoms. The Morgan fingerprint density at radius 3 is 2.46 bits per heavy atom. The van der Waals surface area contributed by atoms with Crippen LogP contribution in [-0.4, -0.2) is 18.8 Å². The van der Waals surface area contributed by atoms with Gasteiger partial charge >= 0.3 is 0 Å². The number of hydrogen-bond donors (Lipinski definition) is 1. The van der Waals surface area contributed by atoms with Gasteiger partial charge in [-0.15, -0.1) is 0 Å². The Hall–Kier alpha value is -3.30. The molecule has 1 heterocycles. The fourth-order valence-corrected chi connectivity index (χ4v) is 4.24. The van der Waals surface area contributed by atoms with Crippen LogP contribution in [-0.2, 0) is 6.61 Å². The van der Waals surface area contributed by atoms with Gasteiger partial charge in [-0.2, -0.15) is 0 Å². The second-order valence-corrected chi connectivity index (χ2v) is 6.88. The molecule has 0 unspecified atom stereocenters. The van der Waals surface area contributed by atoms with Crippen molar-refractivity contribution in [3.63, 3.8) is 0 Å². The average Bonchev–Trinajstić information content (AvgIpc) is 2.78. The van der Waals surface area contributed by atoms with Gasteiger partial charge in [-0.25, -0.2) is 0 Å². The molecule has 0 saturated heterocycles. The fourth-order valence-electron chi connectivity index (χ4n) is 4.24. The van der Waals surface area contributed by atoms with Crippen LogP contribution in [0.5, 0.6) is 11.5 Å². The van der Waals surface area contributed by atoms with Gasteiger partial charge in [0.25, 0.3) is 0 Å². The van der Waals surface area contributed by atoms with Crippen LogP contribution >= 0.6 is 0 Å². The summed E-state index contributed by atoms with van der Waals surface area (Å²) in [5, 5.41) is 14.6. The first-order chi connectivity index (χ1) is 13.8. The number of hydrogen-bond acceptors (Lipinski definition) is 3. The van der Waals surface area contributed by atoms with E-state index in [2.05, 4.69) is 36.4 Å². The van der Waals surface area contributed by atoms with Crippen LogP contribution in [0.15, 0.2) is 66.7 Å². The summed E-state index contributed by atoms with van der Waals surface area (Å²) in [5.74, 6) is 1.63. The van der Waals surface area contributed by atoms with Crippen molar-refractivity contribution in [2.45, 2.75) is 6.61 Å². The van der Waals surface area contributed by atoms with E-state index in [1.54, 1.807) is 7.11 Å². The molecule has 3 nitrogen and oxygen atoms in total. The Labute approximate surface area is 163 Å². The monoisotopic (exact) mass is 368 g/mol. The van der Waals surface area contributed by atoms with Crippen molar-refractivity contribution in [1.82, 2.24) is 0 Å². The van der Waals surface area contributed by atoms with E-state index in [1.165, 1.54) is 0 Å². The molecule has 0 aliphatic carbocycles. The first kappa shape index (κ1) is 16.8. The van der Waals surface area contributed by atoms with Gasteiger partial charge in [-0.1, -0.05) is 60.7 Å². The lowest BCUT2D eigenvalue weighted by Crippen LogP contribution is -2.06. The number of methoxy groups -OCH3 is 1. The predicted octanol–water partition coefficient (Wildman–Crippen LogP) is 5.57. The maximum atomic E-state index is 10.4. The minimum absolute atomic E-state index is 0.0590. The molecule has 5 rings (SSSR count). The lowest BCUT2D eigenvalue weighted by molar-refractivity contribution is 0.280. The molecule has 1 N–H and O–H groups in total. The number of rotatable bonds is 3. The second kappa shape index (κ2) is 6.70.